The van der Waals surface area contributed by atoms with Crippen LogP contribution < -0.4 is 10.7 Å². The first-order chi connectivity index (χ1) is 14.1. The summed E-state index contributed by atoms with van der Waals surface area (Å²) in [5.74, 6) is -3.92. The molecule has 1 aromatic carbocycles. The van der Waals surface area contributed by atoms with Crippen molar-refractivity contribution in [3.63, 3.8) is 0 Å². The molecule has 0 radical (unpaired) electrons. The molecule has 11 heteroatoms. The molecular weight excluding hydrogens is 480 g/mol. The number of rotatable bonds is 3. The predicted molar refractivity (Wildman–Crippen MR) is 110 cm³/mol. The summed E-state index contributed by atoms with van der Waals surface area (Å²) in [5, 5.41) is 22.6. The zero-order valence-corrected chi connectivity index (χ0v) is 18.1. The summed E-state index contributed by atoms with van der Waals surface area (Å²) in [6.45, 7) is -0.0571. The monoisotopic (exact) mass is 499 g/mol. The Morgan fingerprint density at radius 2 is 1.97 bits per heavy atom. The number of aromatic nitrogens is 1. The van der Waals surface area contributed by atoms with Gasteiger partial charge in [0.05, 0.1) is 11.6 Å². The number of aliphatic hydroxyl groups excluding tert-OH is 1. The lowest BCUT2D eigenvalue weighted by Gasteiger charge is -2.52. The van der Waals surface area contributed by atoms with Gasteiger partial charge in [0.25, 0.3) is 11.8 Å². The van der Waals surface area contributed by atoms with Gasteiger partial charge in [0.1, 0.15) is 17.2 Å². The number of halogens is 3. The van der Waals surface area contributed by atoms with E-state index in [2.05, 4.69) is 5.32 Å². The Balaban J connectivity index is 0.00000272. The summed E-state index contributed by atoms with van der Waals surface area (Å²) in [4.78, 5) is 39.1. The highest BCUT2D eigenvalue weighted by Crippen LogP contribution is 2.44. The van der Waals surface area contributed by atoms with E-state index in [0.717, 1.165) is 6.07 Å². The third-order valence-corrected chi connectivity index (χ3v) is 5.71. The molecule has 2 aromatic rings. The molecule has 1 saturated carbocycles. The Bertz CT molecular complexity index is 1130. The van der Waals surface area contributed by atoms with Crippen LogP contribution in [-0.2, 0) is 12.1 Å². The number of hydrogen-bond donors (Lipinski definition) is 3. The number of benzene rings is 1. The summed E-state index contributed by atoms with van der Waals surface area (Å²) in [6, 6.07) is 2.88. The van der Waals surface area contributed by atoms with E-state index in [1.165, 1.54) is 28.8 Å². The molecule has 0 unspecified atom stereocenters. The Hall–Kier alpha value is -2.79. The highest BCUT2D eigenvalue weighted by atomic mass is 79.9. The fourth-order valence-electron chi connectivity index (χ4n) is 4.19. The molecule has 0 saturated heterocycles. The molecule has 2 aliphatic rings. The molecule has 3 N–H and O–H groups in total. The number of aromatic hydroxyl groups is 1. The first-order valence-corrected chi connectivity index (χ1v) is 9.28. The van der Waals surface area contributed by atoms with Crippen molar-refractivity contribution in [1.29, 1.82) is 0 Å². The number of nitrogens with one attached hydrogen (secondary N) is 1. The third kappa shape index (κ3) is 3.72. The van der Waals surface area contributed by atoms with E-state index in [4.69, 9.17) is 0 Å². The molecule has 1 spiro atoms. The van der Waals surface area contributed by atoms with Crippen molar-refractivity contribution in [1.82, 2.24) is 14.8 Å². The predicted octanol–water partition coefficient (Wildman–Crippen LogP) is 1.28. The summed E-state index contributed by atoms with van der Waals surface area (Å²) in [6.07, 6.45) is 1.19. The van der Waals surface area contributed by atoms with Gasteiger partial charge in [-0.1, -0.05) is 6.07 Å². The van der Waals surface area contributed by atoms with Crippen LogP contribution in [0.4, 0.5) is 8.78 Å². The fraction of sp³-hybridized carbons (Fsp3) is 0.350. The first-order valence-electron chi connectivity index (χ1n) is 9.28. The van der Waals surface area contributed by atoms with Crippen LogP contribution in [0.2, 0.25) is 0 Å². The largest absolute Gasteiger partial charge is 0.503 e. The van der Waals surface area contributed by atoms with Gasteiger partial charge in [-0.05, 0) is 18.9 Å². The highest BCUT2D eigenvalue weighted by molar-refractivity contribution is 8.93. The molecular formula is C20H20BrF2N3O5. The van der Waals surface area contributed by atoms with Crippen LogP contribution in [0.1, 0.15) is 39.3 Å². The van der Waals surface area contributed by atoms with Gasteiger partial charge < -0.3 is 25.0 Å². The lowest BCUT2D eigenvalue weighted by Crippen LogP contribution is -2.61. The summed E-state index contributed by atoms with van der Waals surface area (Å²) < 4.78 is 28.2. The molecule has 0 atom stereocenters. The van der Waals surface area contributed by atoms with Crippen molar-refractivity contribution in [3.05, 3.63) is 63.1 Å². The average Bonchev–Trinajstić information content (AvgIpc) is 2.66. The second-order valence-electron chi connectivity index (χ2n) is 7.81. The first kappa shape index (κ1) is 22.9. The molecule has 2 amide bonds. The molecule has 2 heterocycles. The number of amides is 2. The second-order valence-corrected chi connectivity index (χ2v) is 7.81. The zero-order valence-electron chi connectivity index (χ0n) is 16.4. The average molecular weight is 500 g/mol. The minimum atomic E-state index is -1.03. The number of pyridine rings is 1. The Kier molecular flexibility index (Phi) is 5.94. The molecule has 31 heavy (non-hydrogen) atoms. The minimum absolute atomic E-state index is 0. The maximum absolute atomic E-state index is 13.8. The van der Waals surface area contributed by atoms with Crippen molar-refractivity contribution >= 4 is 28.8 Å². The van der Waals surface area contributed by atoms with Crippen LogP contribution >= 0.6 is 17.0 Å². The normalized spacial score (nSPS) is 21.9. The summed E-state index contributed by atoms with van der Waals surface area (Å²) in [5.41, 5.74) is -2.40. The standard InChI is InChI=1S/C20H19F2N3O5.BrH/c1-24-9-20(5-12(26)6-20)25-8-13(16(27)17(28)15(25)19(24)30)18(29)23-7-10-2-3-11(21)4-14(10)22;/h2-4,8,12,26,28H,5-7,9H2,1H3,(H,23,29);1H/t12-,20-;. The number of carbonyl (C=O) groups is 2. The highest BCUT2D eigenvalue weighted by Gasteiger charge is 2.51. The van der Waals surface area contributed by atoms with Crippen LogP contribution in [0.5, 0.6) is 5.75 Å². The van der Waals surface area contributed by atoms with Crippen molar-refractivity contribution in [2.45, 2.75) is 31.0 Å². The molecule has 1 fully saturated rings. The molecule has 4 rings (SSSR count). The molecule has 0 bridgehead atoms. The second kappa shape index (κ2) is 8.04. The van der Waals surface area contributed by atoms with Gasteiger partial charge in [-0.15, -0.1) is 17.0 Å². The van der Waals surface area contributed by atoms with Gasteiger partial charge in [0.15, 0.2) is 11.4 Å². The van der Waals surface area contributed by atoms with E-state index >= 15 is 0 Å². The SMILES string of the molecule is Br.CN1C[C@]2(C[C@@H](O)C2)n2cc(C(=O)NCc3ccc(F)cc3F)c(=O)c(O)c2C1=O. The van der Waals surface area contributed by atoms with E-state index in [1.54, 1.807) is 0 Å². The van der Waals surface area contributed by atoms with Gasteiger partial charge in [0, 0.05) is 38.0 Å². The molecule has 1 aliphatic heterocycles. The number of likely N-dealkylation sites (N-methyl/N-ethyl adjacent to an activating group) is 1. The van der Waals surface area contributed by atoms with Crippen LogP contribution in [0.3, 0.4) is 0 Å². The third-order valence-electron chi connectivity index (χ3n) is 5.71. The van der Waals surface area contributed by atoms with Gasteiger partial charge in [-0.25, -0.2) is 8.78 Å². The number of aliphatic hydroxyl groups is 1. The van der Waals surface area contributed by atoms with E-state index in [0.29, 0.717) is 18.9 Å². The van der Waals surface area contributed by atoms with E-state index in [9.17, 15) is 33.4 Å². The molecule has 1 aliphatic carbocycles. The van der Waals surface area contributed by atoms with Crippen molar-refractivity contribution in [3.8, 4) is 5.75 Å². The van der Waals surface area contributed by atoms with Gasteiger partial charge in [-0.2, -0.15) is 0 Å². The summed E-state index contributed by atoms with van der Waals surface area (Å²) in [7, 11) is 1.53. The van der Waals surface area contributed by atoms with Crippen LogP contribution in [-0.4, -0.2) is 51.2 Å². The minimum Gasteiger partial charge on any atom is -0.503 e. The van der Waals surface area contributed by atoms with Crippen LogP contribution in [0, 0.1) is 11.6 Å². The zero-order chi connectivity index (χ0) is 21.8. The Labute approximate surface area is 185 Å². The van der Waals surface area contributed by atoms with Crippen LogP contribution in [0.25, 0.3) is 0 Å². The fourth-order valence-corrected chi connectivity index (χ4v) is 4.19. The molecule has 1 aromatic heterocycles. The molecule has 166 valence electrons. The quantitative estimate of drug-likeness (QED) is 0.588. The maximum Gasteiger partial charge on any atom is 0.274 e. The number of nitrogens with zero attached hydrogens (tertiary/aromatic N) is 2. The lowest BCUT2D eigenvalue weighted by molar-refractivity contribution is -0.0453. The van der Waals surface area contributed by atoms with E-state index in [-0.39, 0.29) is 41.3 Å². The topological polar surface area (TPSA) is 112 Å². The Morgan fingerprint density at radius 1 is 1.29 bits per heavy atom. The van der Waals surface area contributed by atoms with Gasteiger partial charge >= 0.3 is 0 Å². The lowest BCUT2D eigenvalue weighted by atomic mass is 9.72. The smallest absolute Gasteiger partial charge is 0.274 e. The van der Waals surface area contributed by atoms with Gasteiger partial charge in [-0.3, -0.25) is 14.4 Å². The maximum atomic E-state index is 13.8. The van der Waals surface area contributed by atoms with Crippen LogP contribution in [0.15, 0.2) is 29.2 Å². The van der Waals surface area contributed by atoms with E-state index < -0.39 is 51.8 Å². The number of hydrogen-bond acceptors (Lipinski definition) is 5. The van der Waals surface area contributed by atoms with Gasteiger partial charge in [0.2, 0.25) is 5.43 Å². The number of fused-ring (bicyclic) bond motifs is 2. The van der Waals surface area contributed by atoms with Crippen molar-refractivity contribution < 1.29 is 28.6 Å². The van der Waals surface area contributed by atoms with Crippen molar-refractivity contribution in [2.24, 2.45) is 0 Å². The number of carbonyl (C=O) groups excluding carboxylic acids is 2. The summed E-state index contributed by atoms with van der Waals surface area (Å²) >= 11 is 0. The Morgan fingerprint density at radius 3 is 2.58 bits per heavy atom. The van der Waals surface area contributed by atoms with E-state index in [1.807, 2.05) is 0 Å². The molecule has 8 nitrogen and oxygen atoms in total. The van der Waals surface area contributed by atoms with Crippen molar-refractivity contribution in [2.75, 3.05) is 13.6 Å².